The van der Waals surface area contributed by atoms with Gasteiger partial charge in [-0.3, -0.25) is 18.6 Å². The van der Waals surface area contributed by atoms with Gasteiger partial charge in [0, 0.05) is 45.1 Å². The fourth-order valence-electron chi connectivity index (χ4n) is 7.69. The molecule has 0 aliphatic carbocycles. The predicted octanol–water partition coefficient (Wildman–Crippen LogP) is 13.2. The van der Waals surface area contributed by atoms with E-state index in [1.165, 1.54) is 99.5 Å². The molecule has 62 heavy (non-hydrogen) atoms. The predicted molar refractivity (Wildman–Crippen MR) is 250 cm³/mol. The number of esters is 2. The number of carbonyl (C=O) groups is 2. The number of phosphoric acid groups is 1. The number of rotatable bonds is 40. The highest BCUT2D eigenvalue weighted by Gasteiger charge is 2.26. The van der Waals surface area contributed by atoms with E-state index in [9.17, 15) is 19.0 Å². The lowest BCUT2D eigenvalue weighted by molar-refractivity contribution is -0.161. The van der Waals surface area contributed by atoms with Crippen LogP contribution >= 0.6 is 7.82 Å². The van der Waals surface area contributed by atoms with Crippen molar-refractivity contribution in [1.29, 1.82) is 0 Å². The Balaban J connectivity index is 1.58. The van der Waals surface area contributed by atoms with Crippen LogP contribution < -0.4 is 0 Å². The molecule has 358 valence electrons. The molecule has 2 aromatic heterocycles. The minimum Gasteiger partial charge on any atom is -0.466 e. The maximum Gasteiger partial charge on any atom is 0.472 e. The molecule has 0 spiro atoms. The van der Waals surface area contributed by atoms with Crippen LogP contribution in [0.25, 0.3) is 0 Å². The van der Waals surface area contributed by atoms with Crippen LogP contribution in [0.15, 0.2) is 14.9 Å². The summed E-state index contributed by atoms with van der Waals surface area (Å²) in [5.74, 6) is 3.78. The quantitative estimate of drug-likeness (QED) is 0.0389. The molecule has 0 aliphatic rings. The summed E-state index contributed by atoms with van der Waals surface area (Å²) in [6.45, 7) is 10.7. The van der Waals surface area contributed by atoms with E-state index < -0.39 is 26.5 Å². The molecule has 0 aromatic carbocycles. The zero-order valence-electron chi connectivity index (χ0n) is 40.3. The van der Waals surface area contributed by atoms with E-state index in [1.807, 2.05) is 19.0 Å². The molecule has 11 nitrogen and oxygen atoms in total. The minimum absolute atomic E-state index is 0.00239. The van der Waals surface area contributed by atoms with Crippen molar-refractivity contribution in [2.24, 2.45) is 0 Å². The van der Waals surface area contributed by atoms with Crippen molar-refractivity contribution >= 4 is 19.8 Å². The summed E-state index contributed by atoms with van der Waals surface area (Å²) in [7, 11) is -0.738. The number of ether oxygens (including phenoxy) is 2. The molecule has 0 bridgehead atoms. The summed E-state index contributed by atoms with van der Waals surface area (Å²) in [5, 5.41) is 0. The molecule has 2 heterocycles. The lowest BCUT2D eigenvalue weighted by Gasteiger charge is -2.20. The Hall–Kier alpha value is -2.43. The lowest BCUT2D eigenvalue weighted by atomic mass is 10.0. The van der Waals surface area contributed by atoms with E-state index in [2.05, 4.69) is 40.7 Å². The Bertz CT molecular complexity index is 1520. The number of aryl methyl sites for hydroxylation is 5. The molecule has 0 saturated heterocycles. The van der Waals surface area contributed by atoms with Crippen LogP contribution in [0.3, 0.4) is 0 Å². The second-order valence-electron chi connectivity index (χ2n) is 17.8. The monoisotopic (exact) mass is 894 g/mol. The number of nitrogens with zero attached hydrogens (tertiary/aromatic N) is 1. The SMILES string of the molecule is CCCCCc1cc(C)c(CCCCCCCCCCCCC(=O)O[C@H](COC(=O)CCCCCCCCCCc2oc(CCC)c(C)c2C)COP(=O)(O)OCCN(C)C)o1. The van der Waals surface area contributed by atoms with Crippen LogP contribution in [0, 0.1) is 20.8 Å². The summed E-state index contributed by atoms with van der Waals surface area (Å²) >= 11 is 0. The van der Waals surface area contributed by atoms with Gasteiger partial charge in [-0.2, -0.15) is 0 Å². The van der Waals surface area contributed by atoms with Gasteiger partial charge in [0.25, 0.3) is 0 Å². The van der Waals surface area contributed by atoms with Gasteiger partial charge in [-0.15, -0.1) is 0 Å². The van der Waals surface area contributed by atoms with Crippen molar-refractivity contribution in [2.75, 3.05) is 40.5 Å². The zero-order chi connectivity index (χ0) is 45.4. The average Bonchev–Trinajstić information content (AvgIpc) is 3.72. The fraction of sp³-hybridized carbons (Fsp3) is 0.800. The van der Waals surface area contributed by atoms with Crippen LogP contribution in [0.4, 0.5) is 0 Å². The molecule has 2 aromatic rings. The first-order chi connectivity index (χ1) is 29.8. The van der Waals surface area contributed by atoms with Crippen LogP contribution in [-0.2, 0) is 58.4 Å². The van der Waals surface area contributed by atoms with Gasteiger partial charge in [0.2, 0.25) is 0 Å². The number of unbranched alkanes of at least 4 members (excludes halogenated alkanes) is 18. The molecular formula is C50H88NO10P. The standard InChI is InChI=1S/C50H88NO10P/c1-8-10-25-31-44-38-41(3)46(59-44)32-26-21-17-13-11-12-14-20-24-29-35-50(53)60-45(40-58-62(54,55)57-37-36-51(6)7)39-56-49(52)34-28-23-19-16-15-18-22-27-33-48-43(5)42(4)47(61-48)30-9-2/h38,45H,8-37,39-40H2,1-7H3,(H,54,55)/t45-/m1/s1. The number of carbonyl (C=O) groups excluding carboxylic acids is 2. The third-order valence-corrected chi connectivity index (χ3v) is 12.7. The number of phosphoric ester groups is 1. The van der Waals surface area contributed by atoms with Crippen molar-refractivity contribution in [1.82, 2.24) is 4.90 Å². The number of hydrogen-bond acceptors (Lipinski definition) is 10. The second kappa shape index (κ2) is 34.0. The van der Waals surface area contributed by atoms with Crippen molar-refractivity contribution in [3.05, 3.63) is 45.8 Å². The first-order valence-corrected chi connectivity index (χ1v) is 26.1. The topological polar surface area (TPSA) is 138 Å². The van der Waals surface area contributed by atoms with Crippen molar-refractivity contribution in [3.8, 4) is 0 Å². The summed E-state index contributed by atoms with van der Waals surface area (Å²) in [6, 6.07) is 2.22. The minimum atomic E-state index is -4.38. The van der Waals surface area contributed by atoms with Crippen LogP contribution in [-0.4, -0.2) is 68.3 Å². The number of likely N-dealkylation sites (N-methyl/N-ethyl adjacent to an activating group) is 1. The van der Waals surface area contributed by atoms with Gasteiger partial charge in [-0.25, -0.2) is 4.57 Å². The van der Waals surface area contributed by atoms with E-state index in [1.54, 1.807) is 0 Å². The molecule has 0 radical (unpaired) electrons. The van der Waals surface area contributed by atoms with E-state index in [4.69, 9.17) is 27.4 Å². The molecule has 0 fully saturated rings. The van der Waals surface area contributed by atoms with Gasteiger partial charge >= 0.3 is 19.8 Å². The normalized spacial score (nSPS) is 13.2. The van der Waals surface area contributed by atoms with E-state index in [-0.39, 0.29) is 32.0 Å². The van der Waals surface area contributed by atoms with E-state index >= 15 is 0 Å². The largest absolute Gasteiger partial charge is 0.472 e. The molecule has 2 atom stereocenters. The van der Waals surface area contributed by atoms with E-state index in [0.717, 1.165) is 101 Å². The Morgan fingerprint density at radius 1 is 0.613 bits per heavy atom. The van der Waals surface area contributed by atoms with Crippen molar-refractivity contribution < 1.29 is 46.4 Å². The Labute approximate surface area is 376 Å². The maximum absolute atomic E-state index is 12.8. The smallest absolute Gasteiger partial charge is 0.466 e. The molecule has 2 rings (SSSR count). The Kier molecular flexibility index (Phi) is 30.5. The number of hydrogen-bond donors (Lipinski definition) is 1. The molecule has 0 saturated carbocycles. The second-order valence-corrected chi connectivity index (χ2v) is 19.2. The maximum atomic E-state index is 12.8. The van der Waals surface area contributed by atoms with Gasteiger partial charge in [0.1, 0.15) is 29.6 Å². The first kappa shape index (κ1) is 55.7. The summed E-state index contributed by atoms with van der Waals surface area (Å²) in [5.41, 5.74) is 3.93. The van der Waals surface area contributed by atoms with Crippen molar-refractivity contribution in [3.63, 3.8) is 0 Å². The van der Waals surface area contributed by atoms with E-state index in [0.29, 0.717) is 13.0 Å². The molecule has 1 N–H and O–H groups in total. The highest BCUT2D eigenvalue weighted by molar-refractivity contribution is 7.47. The summed E-state index contributed by atoms with van der Waals surface area (Å²) in [6.07, 6.45) is 28.0. The molecule has 1 unspecified atom stereocenters. The van der Waals surface area contributed by atoms with Crippen LogP contribution in [0.5, 0.6) is 0 Å². The van der Waals surface area contributed by atoms with Crippen LogP contribution in [0.2, 0.25) is 0 Å². The first-order valence-electron chi connectivity index (χ1n) is 24.6. The fourth-order valence-corrected chi connectivity index (χ4v) is 8.43. The Morgan fingerprint density at radius 2 is 1.11 bits per heavy atom. The molecule has 12 heteroatoms. The Morgan fingerprint density at radius 3 is 1.66 bits per heavy atom. The third kappa shape index (κ3) is 26.4. The summed E-state index contributed by atoms with van der Waals surface area (Å²) < 4.78 is 45.9. The van der Waals surface area contributed by atoms with Gasteiger partial charge in [0.15, 0.2) is 6.10 Å². The lowest BCUT2D eigenvalue weighted by Crippen LogP contribution is -2.29. The third-order valence-electron chi connectivity index (χ3n) is 11.7. The highest BCUT2D eigenvalue weighted by atomic mass is 31.2. The molecular weight excluding hydrogens is 806 g/mol. The number of furan rings is 2. The highest BCUT2D eigenvalue weighted by Crippen LogP contribution is 2.43. The average molecular weight is 894 g/mol. The van der Waals surface area contributed by atoms with Gasteiger partial charge in [-0.1, -0.05) is 117 Å². The van der Waals surface area contributed by atoms with Gasteiger partial charge in [0.05, 0.1) is 13.2 Å². The van der Waals surface area contributed by atoms with Gasteiger partial charge < -0.3 is 28.1 Å². The van der Waals surface area contributed by atoms with Crippen LogP contribution in [0.1, 0.15) is 208 Å². The zero-order valence-corrected chi connectivity index (χ0v) is 41.2. The van der Waals surface area contributed by atoms with Gasteiger partial charge in [-0.05, 0) is 96.1 Å². The van der Waals surface area contributed by atoms with Crippen molar-refractivity contribution in [2.45, 2.75) is 221 Å². The molecule has 0 aliphatic heterocycles. The molecule has 0 amide bonds. The summed E-state index contributed by atoms with van der Waals surface area (Å²) in [4.78, 5) is 37.3.